The van der Waals surface area contributed by atoms with Gasteiger partial charge in [0.2, 0.25) is 5.91 Å². The van der Waals surface area contributed by atoms with Gasteiger partial charge in [-0.05, 0) is 31.2 Å². The summed E-state index contributed by atoms with van der Waals surface area (Å²) in [4.78, 5) is 25.0. The average molecular weight is 290 g/mol. The Labute approximate surface area is 124 Å². The number of nitrogens with two attached hydrogens (primary N) is 1. The Morgan fingerprint density at radius 2 is 2.00 bits per heavy atom. The van der Waals surface area contributed by atoms with Crippen molar-refractivity contribution in [3.8, 4) is 0 Å². The second-order valence-corrected chi connectivity index (χ2v) is 5.49. The number of aliphatic carboxylic acids is 1. The number of carboxylic acid groups (broad SMARTS) is 1. The van der Waals surface area contributed by atoms with Crippen LogP contribution in [-0.4, -0.2) is 34.5 Å². The highest BCUT2D eigenvalue weighted by atomic mass is 16.4. The lowest BCUT2D eigenvalue weighted by molar-refractivity contribution is -0.152. The Balaban J connectivity index is 1.90. The molecule has 1 unspecified atom stereocenters. The number of rotatable bonds is 5. The van der Waals surface area contributed by atoms with E-state index in [0.29, 0.717) is 25.8 Å². The third-order valence-electron chi connectivity index (χ3n) is 4.01. The molecule has 1 aliphatic heterocycles. The van der Waals surface area contributed by atoms with Gasteiger partial charge in [0.25, 0.3) is 0 Å². The monoisotopic (exact) mass is 290 g/mol. The molecule has 5 heteroatoms. The molecule has 2 rings (SSSR count). The molecular weight excluding hydrogens is 268 g/mol. The molecule has 0 radical (unpaired) electrons. The van der Waals surface area contributed by atoms with Gasteiger partial charge in [0.05, 0.1) is 0 Å². The number of carbonyl (C=O) groups excluding carboxylic acids is 1. The minimum atomic E-state index is -0.907. The van der Waals surface area contributed by atoms with E-state index in [9.17, 15) is 14.7 Å². The predicted octanol–water partition coefficient (Wildman–Crippen LogP) is 1.93. The highest BCUT2D eigenvalue weighted by Crippen LogP contribution is 2.21. The van der Waals surface area contributed by atoms with Crippen LogP contribution in [-0.2, 0) is 9.59 Å². The summed E-state index contributed by atoms with van der Waals surface area (Å²) in [6, 6.07) is 8.78. The van der Waals surface area contributed by atoms with Crippen LogP contribution in [0.15, 0.2) is 30.3 Å². The van der Waals surface area contributed by atoms with E-state index in [1.165, 1.54) is 4.90 Å². The second-order valence-electron chi connectivity index (χ2n) is 5.49. The second kappa shape index (κ2) is 7.22. The summed E-state index contributed by atoms with van der Waals surface area (Å²) in [6.07, 6.45) is 3.11. The normalized spacial score (nSPS) is 20.0. The van der Waals surface area contributed by atoms with Gasteiger partial charge in [0.15, 0.2) is 0 Å². The molecule has 0 spiro atoms. The Hall–Kier alpha value is -1.88. The number of carboxylic acids is 1. The van der Waals surface area contributed by atoms with Gasteiger partial charge in [-0.3, -0.25) is 4.79 Å². The molecule has 5 nitrogen and oxygen atoms in total. The zero-order valence-electron chi connectivity index (χ0n) is 12.1. The molecule has 0 aromatic heterocycles. The molecule has 0 saturated carbocycles. The predicted molar refractivity (Wildman–Crippen MR) is 79.6 cm³/mol. The van der Waals surface area contributed by atoms with Crippen LogP contribution in [0.25, 0.3) is 0 Å². The number of benzene rings is 1. The molecule has 1 aromatic rings. The van der Waals surface area contributed by atoms with Crippen LogP contribution in [0.5, 0.6) is 0 Å². The maximum Gasteiger partial charge on any atom is 0.326 e. The summed E-state index contributed by atoms with van der Waals surface area (Å²) in [7, 11) is 0. The van der Waals surface area contributed by atoms with E-state index in [1.54, 1.807) is 0 Å². The molecule has 2 atom stereocenters. The lowest BCUT2D eigenvalue weighted by Gasteiger charge is -2.33. The van der Waals surface area contributed by atoms with Crippen molar-refractivity contribution in [2.24, 2.45) is 5.73 Å². The molecule has 3 N–H and O–H groups in total. The van der Waals surface area contributed by atoms with Gasteiger partial charge in [-0.15, -0.1) is 0 Å². The Kier molecular flexibility index (Phi) is 5.33. The molecule has 21 heavy (non-hydrogen) atoms. The van der Waals surface area contributed by atoms with Gasteiger partial charge in [0, 0.05) is 19.0 Å². The van der Waals surface area contributed by atoms with Gasteiger partial charge in [-0.1, -0.05) is 30.3 Å². The fraction of sp³-hybridized carbons (Fsp3) is 0.500. The SMILES string of the molecule is NC(CCC(=O)N1CCCC[C@@H]1C(=O)O)c1ccccc1. The van der Waals surface area contributed by atoms with E-state index < -0.39 is 12.0 Å². The van der Waals surface area contributed by atoms with Gasteiger partial charge >= 0.3 is 5.97 Å². The molecule has 0 bridgehead atoms. The number of carbonyl (C=O) groups is 2. The van der Waals surface area contributed by atoms with Crippen molar-refractivity contribution in [2.45, 2.75) is 44.2 Å². The number of amides is 1. The van der Waals surface area contributed by atoms with Crippen molar-refractivity contribution in [2.75, 3.05) is 6.54 Å². The number of nitrogens with zero attached hydrogens (tertiary/aromatic N) is 1. The van der Waals surface area contributed by atoms with Crippen LogP contribution < -0.4 is 5.73 Å². The molecule has 1 heterocycles. The van der Waals surface area contributed by atoms with Crippen molar-refractivity contribution < 1.29 is 14.7 Å². The van der Waals surface area contributed by atoms with Crippen molar-refractivity contribution >= 4 is 11.9 Å². The first-order valence-electron chi connectivity index (χ1n) is 7.42. The van der Waals surface area contributed by atoms with Gasteiger partial charge in [0.1, 0.15) is 6.04 Å². The first-order chi connectivity index (χ1) is 10.1. The quantitative estimate of drug-likeness (QED) is 0.868. The minimum Gasteiger partial charge on any atom is -0.480 e. The summed E-state index contributed by atoms with van der Waals surface area (Å²) < 4.78 is 0. The zero-order valence-corrected chi connectivity index (χ0v) is 12.1. The van der Waals surface area contributed by atoms with Gasteiger partial charge < -0.3 is 15.7 Å². The average Bonchev–Trinajstić information content (AvgIpc) is 2.53. The summed E-state index contributed by atoms with van der Waals surface area (Å²) in [5.41, 5.74) is 7.08. The van der Waals surface area contributed by atoms with E-state index in [2.05, 4.69) is 0 Å². The molecule has 114 valence electrons. The number of likely N-dealkylation sites (tertiary alicyclic amines) is 1. The molecular formula is C16H22N2O3. The standard InChI is InChI=1S/C16H22N2O3/c17-13(12-6-2-1-3-7-12)9-10-15(19)18-11-5-4-8-14(18)16(20)21/h1-3,6-7,13-14H,4-5,8-11,17H2,(H,20,21)/t13?,14-/m1/s1. The highest BCUT2D eigenvalue weighted by Gasteiger charge is 2.31. The summed E-state index contributed by atoms with van der Waals surface area (Å²) >= 11 is 0. The smallest absolute Gasteiger partial charge is 0.326 e. The fourth-order valence-electron chi connectivity index (χ4n) is 2.78. The first-order valence-corrected chi connectivity index (χ1v) is 7.42. The third-order valence-corrected chi connectivity index (χ3v) is 4.01. The zero-order chi connectivity index (χ0) is 15.2. The van der Waals surface area contributed by atoms with E-state index in [1.807, 2.05) is 30.3 Å². The van der Waals surface area contributed by atoms with Crippen LogP contribution in [0, 0.1) is 0 Å². The Morgan fingerprint density at radius 3 is 2.67 bits per heavy atom. The Bertz CT molecular complexity index is 490. The van der Waals surface area contributed by atoms with E-state index in [-0.39, 0.29) is 11.9 Å². The first kappa shape index (κ1) is 15.5. The lowest BCUT2D eigenvalue weighted by Crippen LogP contribution is -2.48. The summed E-state index contributed by atoms with van der Waals surface area (Å²) in [5, 5.41) is 9.19. The molecule has 0 aliphatic carbocycles. The highest BCUT2D eigenvalue weighted by molar-refractivity contribution is 5.83. The van der Waals surface area contributed by atoms with E-state index in [0.717, 1.165) is 18.4 Å². The van der Waals surface area contributed by atoms with Crippen LogP contribution >= 0.6 is 0 Å². The van der Waals surface area contributed by atoms with E-state index in [4.69, 9.17) is 5.73 Å². The van der Waals surface area contributed by atoms with Crippen molar-refractivity contribution in [3.05, 3.63) is 35.9 Å². The maximum absolute atomic E-state index is 12.3. The summed E-state index contributed by atoms with van der Waals surface area (Å²) in [5.74, 6) is -1.01. The van der Waals surface area contributed by atoms with Crippen LogP contribution in [0.4, 0.5) is 0 Å². The number of hydrogen-bond donors (Lipinski definition) is 2. The number of hydrogen-bond acceptors (Lipinski definition) is 3. The molecule has 1 fully saturated rings. The molecule has 1 aliphatic rings. The molecule has 1 amide bonds. The summed E-state index contributed by atoms with van der Waals surface area (Å²) in [6.45, 7) is 0.538. The van der Waals surface area contributed by atoms with E-state index >= 15 is 0 Å². The molecule has 1 saturated heterocycles. The fourth-order valence-corrected chi connectivity index (χ4v) is 2.78. The van der Waals surface area contributed by atoms with Crippen molar-refractivity contribution in [3.63, 3.8) is 0 Å². The number of piperidine rings is 1. The largest absolute Gasteiger partial charge is 0.480 e. The minimum absolute atomic E-state index is 0.103. The molecule has 1 aromatic carbocycles. The van der Waals surface area contributed by atoms with Crippen LogP contribution in [0.2, 0.25) is 0 Å². The van der Waals surface area contributed by atoms with Crippen molar-refractivity contribution in [1.82, 2.24) is 4.90 Å². The van der Waals surface area contributed by atoms with Crippen molar-refractivity contribution in [1.29, 1.82) is 0 Å². The maximum atomic E-state index is 12.3. The third kappa shape index (κ3) is 4.04. The van der Waals surface area contributed by atoms with Gasteiger partial charge in [-0.25, -0.2) is 4.79 Å². The van der Waals surface area contributed by atoms with Gasteiger partial charge in [-0.2, -0.15) is 0 Å². The Morgan fingerprint density at radius 1 is 1.29 bits per heavy atom. The lowest BCUT2D eigenvalue weighted by atomic mass is 9.99. The van der Waals surface area contributed by atoms with Crippen LogP contribution in [0.3, 0.4) is 0 Å². The topological polar surface area (TPSA) is 83.6 Å². The van der Waals surface area contributed by atoms with Crippen LogP contribution in [0.1, 0.15) is 43.7 Å².